The van der Waals surface area contributed by atoms with Gasteiger partial charge in [-0.15, -0.1) is 0 Å². The number of hydrogen-bond acceptors (Lipinski definition) is 23. The number of hydrogen-bond donors (Lipinski definition) is 3. The van der Waals surface area contributed by atoms with E-state index in [0.717, 1.165) is 65.6 Å². The fourth-order valence-electron chi connectivity index (χ4n) is 16.6. The molecule has 0 spiro atoms. The molecule has 10 atom stereocenters. The standard InChI is InChI=1S/C89H108FN12O17PSi/c1-13-15-45-100(46-16-14-2)54-95-82-79-83(93-53-92-82)102(55-94-79)85-77(90)78(99-84(104)73(49-61-31-37-65(108-10)38-32-61)97-88(106)111-50-72-70-29-22-20-27-68(70)69-28-21-23-30-71(69)72)74(117-85)52-115-120(107,114-48-24-44-91)119-80-75(51-113-89(62-25-18-17-19-26-62,63-33-39-66(109-11)40-34-63)64-35-41-67(110-12)42-36-64)118-86(101-47-43-76(96-60(9)103)98-87(101)105)81(80)112-56-116-121(57(3)4,58(5)6)59(7)8/h17-23,25-43,47,53-55,57-59,72-75,77-78,80-81,85-86H,13-16,24,45-46,48-52,56H2,1-12H3,(H,97,106)(H,99,104)(H,96,98,103,105)/b95-54+/t73-,74+,75+,77+,78+,80+,81+,85+,86+,120?/m0/s1. The number of alkyl carbamates (subject to hydrolysis) is 1. The van der Waals surface area contributed by atoms with Crippen molar-refractivity contribution < 1.29 is 79.2 Å². The first-order valence-corrected chi connectivity index (χ1v) is 44.6. The molecule has 1 unspecified atom stereocenters. The van der Waals surface area contributed by atoms with E-state index < -0.39 is 127 Å². The number of methoxy groups -OCH3 is 3. The first-order valence-electron chi connectivity index (χ1n) is 41.0. The van der Waals surface area contributed by atoms with Crippen molar-refractivity contribution in [2.75, 3.05) is 73.0 Å². The number of benzene rings is 6. The molecule has 12 rings (SSSR count). The molecule has 3 aromatic heterocycles. The minimum absolute atomic E-state index is 0.0447. The van der Waals surface area contributed by atoms with Crippen LogP contribution >= 0.6 is 7.82 Å². The van der Waals surface area contributed by atoms with Crippen LogP contribution < -0.4 is 35.9 Å². The molecule has 0 bridgehead atoms. The number of nitrogens with zero attached hydrogens (tertiary/aromatic N) is 9. The second-order valence-electron chi connectivity index (χ2n) is 31.0. The molecule has 0 radical (unpaired) electrons. The number of anilines is 1. The quantitative estimate of drug-likeness (QED) is 0.00608. The summed E-state index contributed by atoms with van der Waals surface area (Å²) < 4.78 is 116. The fraction of sp³-hybridized carbons (Fsp3) is 0.438. The second kappa shape index (κ2) is 41.3. The summed E-state index contributed by atoms with van der Waals surface area (Å²) in [7, 11) is -3.57. The van der Waals surface area contributed by atoms with Crippen molar-refractivity contribution in [2.45, 2.75) is 184 Å². The van der Waals surface area contributed by atoms with Crippen molar-refractivity contribution in [2.24, 2.45) is 4.99 Å². The number of aromatic nitrogens is 6. The molecule has 2 saturated heterocycles. The molecule has 2 aliphatic heterocycles. The van der Waals surface area contributed by atoms with Crippen molar-refractivity contribution in [1.82, 2.24) is 44.6 Å². The summed E-state index contributed by atoms with van der Waals surface area (Å²) in [6.07, 6.45) is -3.93. The minimum atomic E-state index is -5.37. The predicted molar refractivity (Wildman–Crippen MR) is 456 cm³/mol. The number of aliphatic imine (C=N–C) groups is 1. The zero-order chi connectivity index (χ0) is 86.0. The van der Waals surface area contributed by atoms with E-state index in [-0.39, 0.29) is 64.8 Å². The van der Waals surface area contributed by atoms with Crippen LogP contribution in [0.5, 0.6) is 17.2 Å². The number of fused-ring (bicyclic) bond motifs is 4. The SMILES string of the molecule is CCCCN(/C=N/c1ncnc2c1ncn2[C@@H]1O[C@H](COP(=O)(OCCC#N)O[C@H]2[C@@H](OCO[Si](C(C)C)(C(C)C)C(C)C)[C@H](n3ccc(NC(C)=O)nc3=O)O[C@@H]2COC(c2ccccc2)(c2ccc(OC)cc2)c2ccc(OC)cc2)[C@@H](NC(=O)[C@H](Cc2ccc(OC)cc2)NC(=O)OCC2c3ccccc3-c3ccccc32)[C@H]1F)CCCC. The Morgan fingerprint density at radius 1 is 0.711 bits per heavy atom. The summed E-state index contributed by atoms with van der Waals surface area (Å²) in [6.45, 7) is 17.1. The van der Waals surface area contributed by atoms with Crippen molar-refractivity contribution >= 4 is 63.2 Å². The number of halogens is 1. The third-order valence-corrected chi connectivity index (χ3v) is 30.0. The normalized spacial score (nSPS) is 19.2. The molecule has 0 saturated carbocycles. The van der Waals surface area contributed by atoms with Gasteiger partial charge in [0.05, 0.1) is 72.3 Å². The van der Waals surface area contributed by atoms with Gasteiger partial charge < -0.3 is 63.2 Å². The molecule has 9 aromatic rings. The molecule has 32 heteroatoms. The van der Waals surface area contributed by atoms with Crippen LogP contribution in [0.25, 0.3) is 22.3 Å². The Hall–Kier alpha value is -10.6. The minimum Gasteiger partial charge on any atom is -0.497 e. The molecule has 2 fully saturated rings. The third-order valence-electron chi connectivity index (χ3n) is 22.5. The van der Waals surface area contributed by atoms with Gasteiger partial charge in [0.15, 0.2) is 35.6 Å². The van der Waals surface area contributed by atoms with E-state index in [2.05, 4.69) is 96.2 Å². The number of carbonyl (C=O) groups is 3. The van der Waals surface area contributed by atoms with E-state index in [9.17, 15) is 19.6 Å². The lowest BCUT2D eigenvalue weighted by Gasteiger charge is -2.42. The number of amides is 3. The lowest BCUT2D eigenvalue weighted by Crippen LogP contribution is -2.55. The van der Waals surface area contributed by atoms with Gasteiger partial charge in [-0.1, -0.05) is 183 Å². The maximum Gasteiger partial charge on any atom is 0.475 e. The summed E-state index contributed by atoms with van der Waals surface area (Å²) in [5, 5.41) is 18.4. The third kappa shape index (κ3) is 20.6. The molecule has 1 aliphatic carbocycles. The smallest absolute Gasteiger partial charge is 0.475 e. The summed E-state index contributed by atoms with van der Waals surface area (Å²) in [4.78, 5) is 82.2. The number of carbonyl (C=O) groups excluding carboxylic acids is 3. The van der Waals surface area contributed by atoms with Crippen LogP contribution in [0.15, 0.2) is 186 Å². The van der Waals surface area contributed by atoms with Crippen molar-refractivity contribution in [3.05, 3.63) is 220 Å². The first-order chi connectivity index (χ1) is 58.5. The van der Waals surface area contributed by atoms with E-state index in [0.29, 0.717) is 39.5 Å². The van der Waals surface area contributed by atoms with Crippen LogP contribution in [0.1, 0.15) is 146 Å². The highest BCUT2D eigenvalue weighted by atomic mass is 31.2. The molecule has 121 heavy (non-hydrogen) atoms. The number of imidazole rings is 1. The number of nitrogens with one attached hydrogen (secondary N) is 3. The molecule has 3 amide bonds. The zero-order valence-corrected chi connectivity index (χ0v) is 72.2. The van der Waals surface area contributed by atoms with Crippen molar-refractivity contribution in [1.29, 1.82) is 5.26 Å². The van der Waals surface area contributed by atoms with Gasteiger partial charge in [-0.05, 0) is 116 Å². The Bertz CT molecular complexity index is 5020. The fourth-order valence-corrected chi connectivity index (χ4v) is 23.2. The zero-order valence-electron chi connectivity index (χ0n) is 70.3. The van der Waals surface area contributed by atoms with Gasteiger partial charge in [-0.2, -0.15) is 10.2 Å². The summed E-state index contributed by atoms with van der Waals surface area (Å²) in [6, 6.07) is 46.7. The van der Waals surface area contributed by atoms with E-state index in [4.69, 9.17) is 60.9 Å². The van der Waals surface area contributed by atoms with Crippen LogP contribution in [-0.4, -0.2) is 177 Å². The highest BCUT2D eigenvalue weighted by Gasteiger charge is 2.56. The van der Waals surface area contributed by atoms with Crippen LogP contribution in [0.2, 0.25) is 16.6 Å². The highest BCUT2D eigenvalue weighted by Crippen LogP contribution is 2.56. The van der Waals surface area contributed by atoms with Crippen molar-refractivity contribution in [3.63, 3.8) is 0 Å². The summed E-state index contributed by atoms with van der Waals surface area (Å²) in [5.41, 5.74) is 4.30. The predicted octanol–water partition coefficient (Wildman–Crippen LogP) is 15.4. The Balaban J connectivity index is 0.952. The van der Waals surface area contributed by atoms with Crippen LogP contribution in [-0.2, 0) is 67.9 Å². The molecule has 29 nitrogen and oxygen atoms in total. The molecular formula is C89H108FN12O17PSi. The first kappa shape index (κ1) is 89.6. The number of rotatable bonds is 42. The molecule has 5 heterocycles. The number of alkyl halides is 1. The largest absolute Gasteiger partial charge is 0.497 e. The van der Waals surface area contributed by atoms with E-state index in [1.807, 2.05) is 109 Å². The maximum absolute atomic E-state index is 18.8. The number of ether oxygens (including phenoxy) is 8. The van der Waals surface area contributed by atoms with E-state index >= 15 is 13.8 Å². The van der Waals surface area contributed by atoms with Gasteiger partial charge in [0.1, 0.15) is 78.9 Å². The summed E-state index contributed by atoms with van der Waals surface area (Å²) in [5.74, 6) is -0.0228. The van der Waals surface area contributed by atoms with Gasteiger partial charge in [0, 0.05) is 38.5 Å². The number of unbranched alkanes of at least 4 members (excludes halogenated alkanes) is 2. The topological polar surface area (TPSA) is 333 Å². The lowest BCUT2D eigenvalue weighted by atomic mass is 9.80. The Labute approximate surface area is 705 Å². The van der Waals surface area contributed by atoms with E-state index in [1.54, 1.807) is 69.1 Å². The van der Waals surface area contributed by atoms with Gasteiger partial charge in [-0.25, -0.2) is 38.5 Å². The lowest BCUT2D eigenvalue weighted by molar-refractivity contribution is -0.124. The van der Waals surface area contributed by atoms with Crippen LogP contribution in [0.3, 0.4) is 0 Å². The molecule has 3 aliphatic rings. The molecule has 642 valence electrons. The van der Waals surface area contributed by atoms with Crippen molar-refractivity contribution in [3.8, 4) is 34.4 Å². The second-order valence-corrected chi connectivity index (χ2v) is 38.0. The number of phosphoric ester groups is 1. The maximum atomic E-state index is 18.8. The number of nitriles is 1. The van der Waals surface area contributed by atoms with Crippen LogP contribution in [0.4, 0.5) is 20.8 Å². The molecule has 6 aromatic carbocycles. The van der Waals surface area contributed by atoms with Gasteiger partial charge >= 0.3 is 19.6 Å². The molecule has 3 N–H and O–H groups in total. The monoisotopic (exact) mass is 1690 g/mol. The average molecular weight is 1700 g/mol. The van der Waals surface area contributed by atoms with Gasteiger partial charge in [0.25, 0.3) is 0 Å². The van der Waals surface area contributed by atoms with E-state index in [1.165, 1.54) is 43.5 Å². The Morgan fingerprint density at radius 2 is 1.30 bits per heavy atom. The number of phosphoric acid groups is 1. The molecular weight excluding hydrogens is 1590 g/mol. The van der Waals surface area contributed by atoms with Crippen LogP contribution in [0, 0.1) is 11.3 Å². The van der Waals surface area contributed by atoms with Gasteiger partial charge in [-0.3, -0.25) is 32.3 Å². The average Bonchev–Trinajstić information content (AvgIpc) is 1.75. The summed E-state index contributed by atoms with van der Waals surface area (Å²) >= 11 is 0. The van der Waals surface area contributed by atoms with Gasteiger partial charge in [0.2, 0.25) is 20.1 Å². The Kier molecular flexibility index (Phi) is 30.6. The highest BCUT2D eigenvalue weighted by molar-refractivity contribution is 7.48. The Morgan fingerprint density at radius 3 is 1.88 bits per heavy atom.